The highest BCUT2D eigenvalue weighted by molar-refractivity contribution is 5.71. The Hall–Kier alpha value is -3.09. The van der Waals surface area contributed by atoms with Crippen LogP contribution in [0.25, 0.3) is 11.1 Å². The number of anilines is 1. The van der Waals surface area contributed by atoms with E-state index < -0.39 is 0 Å². The van der Waals surface area contributed by atoms with Crippen LogP contribution in [0.2, 0.25) is 0 Å². The molecule has 0 radical (unpaired) electrons. The van der Waals surface area contributed by atoms with Crippen molar-refractivity contribution in [2.45, 2.75) is 26.4 Å². The lowest BCUT2D eigenvalue weighted by molar-refractivity contribution is 0.276. The van der Waals surface area contributed by atoms with Crippen LogP contribution in [0.4, 0.5) is 10.2 Å². The van der Waals surface area contributed by atoms with E-state index in [2.05, 4.69) is 15.2 Å². The third-order valence-electron chi connectivity index (χ3n) is 4.41. The molecule has 7 heteroatoms. The number of aryl methyl sites for hydroxylation is 2. The third kappa shape index (κ3) is 3.08. The second-order valence-corrected chi connectivity index (χ2v) is 6.27. The number of H-pyrrole nitrogens is 1. The van der Waals surface area contributed by atoms with Crippen molar-refractivity contribution >= 4 is 5.82 Å². The van der Waals surface area contributed by atoms with E-state index in [9.17, 15) is 4.39 Å². The van der Waals surface area contributed by atoms with Gasteiger partial charge in [-0.2, -0.15) is 5.10 Å². The summed E-state index contributed by atoms with van der Waals surface area (Å²) >= 11 is 0. The fourth-order valence-corrected chi connectivity index (χ4v) is 3.13. The second-order valence-electron chi connectivity index (χ2n) is 6.27. The van der Waals surface area contributed by atoms with Crippen LogP contribution in [0, 0.1) is 12.7 Å². The van der Waals surface area contributed by atoms with E-state index in [1.54, 1.807) is 12.3 Å². The van der Waals surface area contributed by atoms with Crippen molar-refractivity contribution in [1.82, 2.24) is 15.2 Å². The van der Waals surface area contributed by atoms with Crippen LogP contribution in [0.1, 0.15) is 23.4 Å². The SMILES string of the molecule is Cc1[nH]nc2c1-c1cnc(N)c(c1)OCc1cc(F)ccc1OCCC2. The average molecular weight is 354 g/mol. The number of pyridine rings is 1. The number of aromatic amines is 1. The first-order valence-electron chi connectivity index (χ1n) is 8.45. The maximum absolute atomic E-state index is 13.6. The van der Waals surface area contributed by atoms with Gasteiger partial charge in [0.15, 0.2) is 11.6 Å². The molecule has 0 aliphatic carbocycles. The summed E-state index contributed by atoms with van der Waals surface area (Å²) in [5.74, 6) is 0.997. The highest BCUT2D eigenvalue weighted by Gasteiger charge is 2.17. The van der Waals surface area contributed by atoms with E-state index in [0.29, 0.717) is 23.7 Å². The van der Waals surface area contributed by atoms with Gasteiger partial charge in [0.25, 0.3) is 0 Å². The summed E-state index contributed by atoms with van der Waals surface area (Å²) in [5, 5.41) is 7.44. The summed E-state index contributed by atoms with van der Waals surface area (Å²) in [6.07, 6.45) is 3.24. The highest BCUT2D eigenvalue weighted by Crippen LogP contribution is 2.32. The Morgan fingerprint density at radius 1 is 1.19 bits per heavy atom. The predicted octanol–water partition coefficient (Wildman–Crippen LogP) is 3.41. The van der Waals surface area contributed by atoms with Crippen molar-refractivity contribution in [3.63, 3.8) is 0 Å². The van der Waals surface area contributed by atoms with Crippen molar-refractivity contribution in [3.8, 4) is 22.6 Å². The van der Waals surface area contributed by atoms with Crippen molar-refractivity contribution in [2.24, 2.45) is 0 Å². The molecular weight excluding hydrogens is 335 g/mol. The molecule has 0 atom stereocenters. The number of fused-ring (bicyclic) bond motifs is 5. The van der Waals surface area contributed by atoms with Gasteiger partial charge in [0, 0.05) is 28.6 Å². The molecule has 2 aromatic heterocycles. The minimum absolute atomic E-state index is 0.139. The van der Waals surface area contributed by atoms with Gasteiger partial charge in [-0.05, 0) is 44.0 Å². The standard InChI is InChI=1S/C19H19FN4O2/c1-11-18-12-8-17(19(21)22-9-12)26-10-13-7-14(20)4-5-16(13)25-6-2-3-15(18)24-23-11/h4-5,7-9H,2-3,6,10H2,1H3,(H2,21,22)(H,23,24). The maximum atomic E-state index is 13.6. The Morgan fingerprint density at radius 3 is 2.96 bits per heavy atom. The normalized spacial score (nSPS) is 13.9. The molecule has 0 saturated carbocycles. The number of nitrogens with one attached hydrogen (secondary N) is 1. The van der Waals surface area contributed by atoms with Gasteiger partial charge in [-0.25, -0.2) is 9.37 Å². The Balaban J connectivity index is 1.78. The molecule has 1 aliphatic rings. The molecule has 0 saturated heterocycles. The molecule has 0 spiro atoms. The summed E-state index contributed by atoms with van der Waals surface area (Å²) in [6.45, 7) is 2.61. The monoisotopic (exact) mass is 354 g/mol. The van der Waals surface area contributed by atoms with Crippen LogP contribution in [-0.4, -0.2) is 21.8 Å². The zero-order valence-corrected chi connectivity index (χ0v) is 14.4. The van der Waals surface area contributed by atoms with E-state index in [1.807, 2.05) is 13.0 Å². The lowest BCUT2D eigenvalue weighted by atomic mass is 10.0. The number of aromatic nitrogens is 3. The highest BCUT2D eigenvalue weighted by atomic mass is 19.1. The molecule has 134 valence electrons. The molecule has 4 rings (SSSR count). The van der Waals surface area contributed by atoms with Crippen molar-refractivity contribution in [1.29, 1.82) is 0 Å². The summed E-state index contributed by atoms with van der Waals surface area (Å²) in [4.78, 5) is 4.25. The second kappa shape index (κ2) is 6.67. The number of hydrogen-bond donors (Lipinski definition) is 2. The zero-order valence-electron chi connectivity index (χ0n) is 14.4. The first kappa shape index (κ1) is 16.4. The quantitative estimate of drug-likeness (QED) is 0.646. The Kier molecular flexibility index (Phi) is 4.20. The molecule has 26 heavy (non-hydrogen) atoms. The fourth-order valence-electron chi connectivity index (χ4n) is 3.13. The van der Waals surface area contributed by atoms with Gasteiger partial charge in [-0.15, -0.1) is 0 Å². The summed E-state index contributed by atoms with van der Waals surface area (Å²) in [6, 6.07) is 6.26. The number of hydrogen-bond acceptors (Lipinski definition) is 5. The number of rotatable bonds is 0. The molecule has 2 bridgehead atoms. The fraction of sp³-hybridized carbons (Fsp3) is 0.263. The lowest BCUT2D eigenvalue weighted by Crippen LogP contribution is -2.05. The molecule has 0 amide bonds. The van der Waals surface area contributed by atoms with E-state index in [1.165, 1.54) is 12.1 Å². The topological polar surface area (TPSA) is 86.1 Å². The largest absolute Gasteiger partial charge is 0.493 e. The number of nitrogens with two attached hydrogens (primary N) is 1. The molecule has 0 fully saturated rings. The molecule has 1 aromatic carbocycles. The zero-order chi connectivity index (χ0) is 18.1. The van der Waals surface area contributed by atoms with E-state index in [0.717, 1.165) is 35.4 Å². The third-order valence-corrected chi connectivity index (χ3v) is 4.41. The summed E-state index contributed by atoms with van der Waals surface area (Å²) in [7, 11) is 0. The molecule has 1 aliphatic heterocycles. The first-order valence-corrected chi connectivity index (χ1v) is 8.45. The van der Waals surface area contributed by atoms with Crippen molar-refractivity contribution in [2.75, 3.05) is 12.3 Å². The van der Waals surface area contributed by atoms with Gasteiger partial charge in [0.2, 0.25) is 0 Å². The molecule has 3 N–H and O–H groups in total. The average Bonchev–Trinajstić information content (AvgIpc) is 2.99. The lowest BCUT2D eigenvalue weighted by Gasteiger charge is -2.13. The van der Waals surface area contributed by atoms with Gasteiger partial charge in [-0.1, -0.05) is 0 Å². The van der Waals surface area contributed by atoms with Crippen LogP contribution in [-0.2, 0) is 13.0 Å². The molecule has 3 heterocycles. The van der Waals surface area contributed by atoms with E-state index in [-0.39, 0.29) is 18.2 Å². The van der Waals surface area contributed by atoms with Gasteiger partial charge in [0.1, 0.15) is 18.2 Å². The smallest absolute Gasteiger partial charge is 0.166 e. The summed E-state index contributed by atoms with van der Waals surface area (Å²) in [5.41, 5.74) is 10.4. The van der Waals surface area contributed by atoms with Crippen LogP contribution < -0.4 is 15.2 Å². The molecule has 6 nitrogen and oxygen atoms in total. The molecular formula is C19H19FN4O2. The Labute approximate surface area is 150 Å². The minimum Gasteiger partial charge on any atom is -0.493 e. The molecule has 0 unspecified atom stereocenters. The van der Waals surface area contributed by atoms with E-state index >= 15 is 0 Å². The van der Waals surface area contributed by atoms with Gasteiger partial charge in [-0.3, -0.25) is 5.10 Å². The number of benzene rings is 1. The van der Waals surface area contributed by atoms with Crippen molar-refractivity contribution < 1.29 is 13.9 Å². The Bertz CT molecular complexity index is 955. The van der Waals surface area contributed by atoms with Crippen LogP contribution in [0.3, 0.4) is 0 Å². The van der Waals surface area contributed by atoms with Gasteiger partial charge < -0.3 is 15.2 Å². The van der Waals surface area contributed by atoms with Gasteiger partial charge >= 0.3 is 0 Å². The number of nitrogens with zero attached hydrogens (tertiary/aromatic N) is 2. The van der Waals surface area contributed by atoms with Gasteiger partial charge in [0.05, 0.1) is 12.3 Å². The maximum Gasteiger partial charge on any atom is 0.166 e. The number of ether oxygens (including phenoxy) is 2. The van der Waals surface area contributed by atoms with E-state index in [4.69, 9.17) is 15.2 Å². The summed E-state index contributed by atoms with van der Waals surface area (Å²) < 4.78 is 25.3. The predicted molar refractivity (Wildman–Crippen MR) is 95.5 cm³/mol. The Morgan fingerprint density at radius 2 is 2.08 bits per heavy atom. The van der Waals surface area contributed by atoms with Crippen LogP contribution in [0.15, 0.2) is 30.5 Å². The number of halogens is 1. The van der Waals surface area contributed by atoms with Crippen LogP contribution >= 0.6 is 0 Å². The van der Waals surface area contributed by atoms with Crippen molar-refractivity contribution in [3.05, 3.63) is 53.2 Å². The first-order chi connectivity index (χ1) is 12.6. The minimum atomic E-state index is -0.337. The molecule has 3 aromatic rings. The number of nitrogen functional groups attached to an aromatic ring is 1. The van der Waals surface area contributed by atoms with Crippen LogP contribution in [0.5, 0.6) is 11.5 Å².